The average Bonchev–Trinajstić information content (AvgIpc) is 2.68. The Labute approximate surface area is 155 Å². The van der Waals surface area contributed by atoms with E-state index >= 15 is 0 Å². The molecule has 0 aliphatic carbocycles. The van der Waals surface area contributed by atoms with Crippen LogP contribution in [-0.2, 0) is 4.74 Å². The van der Waals surface area contributed by atoms with E-state index in [9.17, 15) is 4.79 Å². The summed E-state index contributed by atoms with van der Waals surface area (Å²) in [7, 11) is 0. The average molecular weight is 362 g/mol. The van der Waals surface area contributed by atoms with Crippen LogP contribution in [0.5, 0.6) is 0 Å². The van der Waals surface area contributed by atoms with Gasteiger partial charge in [0.25, 0.3) is 0 Å². The SMILES string of the molecule is CCOC(=O)N1CCN(c2ncnc(N3CCCCC3CC)c2N)CC1. The van der Waals surface area contributed by atoms with E-state index in [0.717, 1.165) is 24.6 Å². The summed E-state index contributed by atoms with van der Waals surface area (Å²) >= 11 is 0. The molecule has 0 spiro atoms. The predicted octanol–water partition coefficient (Wildman–Crippen LogP) is 2.11. The first-order chi connectivity index (χ1) is 12.7. The number of amides is 1. The monoisotopic (exact) mass is 362 g/mol. The van der Waals surface area contributed by atoms with Crippen molar-refractivity contribution in [1.82, 2.24) is 14.9 Å². The minimum Gasteiger partial charge on any atom is -0.450 e. The van der Waals surface area contributed by atoms with E-state index < -0.39 is 0 Å². The number of carbonyl (C=O) groups is 1. The van der Waals surface area contributed by atoms with Crippen LogP contribution in [0.1, 0.15) is 39.5 Å². The van der Waals surface area contributed by atoms with Crippen LogP contribution in [0.15, 0.2) is 6.33 Å². The molecule has 2 aliphatic heterocycles. The Balaban J connectivity index is 1.73. The standard InChI is InChI=1S/C18H30N6O2/c1-3-14-7-5-6-8-24(14)17-15(19)16(20-13-21-17)22-9-11-23(12-10-22)18(25)26-4-2/h13-14H,3-12,19H2,1-2H3. The van der Waals surface area contributed by atoms with Crippen molar-refractivity contribution in [3.05, 3.63) is 6.33 Å². The molecule has 2 N–H and O–H groups in total. The number of nitrogens with two attached hydrogens (primary N) is 1. The van der Waals surface area contributed by atoms with Gasteiger partial charge in [-0.15, -0.1) is 0 Å². The zero-order chi connectivity index (χ0) is 18.5. The Kier molecular flexibility index (Phi) is 6.00. The summed E-state index contributed by atoms with van der Waals surface area (Å²) in [5.41, 5.74) is 7.14. The highest BCUT2D eigenvalue weighted by atomic mass is 16.6. The van der Waals surface area contributed by atoms with Gasteiger partial charge in [-0.2, -0.15) is 0 Å². The number of anilines is 3. The molecule has 8 nitrogen and oxygen atoms in total. The molecule has 1 amide bonds. The van der Waals surface area contributed by atoms with Crippen molar-refractivity contribution in [3.63, 3.8) is 0 Å². The fraction of sp³-hybridized carbons (Fsp3) is 0.722. The van der Waals surface area contributed by atoms with E-state index in [-0.39, 0.29) is 6.09 Å². The van der Waals surface area contributed by atoms with E-state index in [1.165, 1.54) is 19.3 Å². The van der Waals surface area contributed by atoms with Gasteiger partial charge in [0, 0.05) is 38.8 Å². The van der Waals surface area contributed by atoms with Gasteiger partial charge in [-0.3, -0.25) is 0 Å². The normalized spacial score (nSPS) is 21.0. The highest BCUT2D eigenvalue weighted by Gasteiger charge is 2.28. The largest absolute Gasteiger partial charge is 0.450 e. The first kappa shape index (κ1) is 18.5. The van der Waals surface area contributed by atoms with Gasteiger partial charge in [0.2, 0.25) is 0 Å². The minimum atomic E-state index is -0.248. The quantitative estimate of drug-likeness (QED) is 0.877. The lowest BCUT2D eigenvalue weighted by Gasteiger charge is -2.38. The highest BCUT2D eigenvalue weighted by Crippen LogP contribution is 2.33. The number of rotatable bonds is 4. The van der Waals surface area contributed by atoms with Gasteiger partial charge >= 0.3 is 6.09 Å². The van der Waals surface area contributed by atoms with E-state index in [0.29, 0.717) is 44.5 Å². The number of ether oxygens (including phenoxy) is 1. The number of carbonyl (C=O) groups excluding carboxylic acids is 1. The Morgan fingerprint density at radius 3 is 2.58 bits per heavy atom. The summed E-state index contributed by atoms with van der Waals surface area (Å²) in [6.45, 7) is 8.04. The van der Waals surface area contributed by atoms with Crippen LogP contribution >= 0.6 is 0 Å². The minimum absolute atomic E-state index is 0.248. The third kappa shape index (κ3) is 3.78. The zero-order valence-corrected chi connectivity index (χ0v) is 15.9. The number of nitrogen functional groups attached to an aromatic ring is 1. The maximum absolute atomic E-state index is 11.9. The first-order valence-corrected chi connectivity index (χ1v) is 9.69. The van der Waals surface area contributed by atoms with Crippen molar-refractivity contribution in [2.45, 2.75) is 45.6 Å². The van der Waals surface area contributed by atoms with Gasteiger partial charge in [-0.1, -0.05) is 6.92 Å². The lowest BCUT2D eigenvalue weighted by molar-refractivity contribution is 0.105. The van der Waals surface area contributed by atoms with E-state index in [2.05, 4.69) is 26.7 Å². The van der Waals surface area contributed by atoms with Gasteiger partial charge in [0.05, 0.1) is 6.61 Å². The topological polar surface area (TPSA) is 87.8 Å². The van der Waals surface area contributed by atoms with Crippen molar-refractivity contribution < 1.29 is 9.53 Å². The third-order valence-electron chi connectivity index (χ3n) is 5.32. The third-order valence-corrected chi connectivity index (χ3v) is 5.32. The van der Waals surface area contributed by atoms with E-state index in [4.69, 9.17) is 10.5 Å². The molecule has 1 unspecified atom stereocenters. The second-order valence-electron chi connectivity index (χ2n) is 6.86. The van der Waals surface area contributed by atoms with Crippen LogP contribution in [0.3, 0.4) is 0 Å². The van der Waals surface area contributed by atoms with Crippen LogP contribution in [0, 0.1) is 0 Å². The number of hydrogen-bond acceptors (Lipinski definition) is 7. The fourth-order valence-corrected chi connectivity index (χ4v) is 3.88. The molecule has 1 aromatic heterocycles. The smallest absolute Gasteiger partial charge is 0.409 e. The van der Waals surface area contributed by atoms with Crippen LogP contribution in [0.25, 0.3) is 0 Å². The molecule has 26 heavy (non-hydrogen) atoms. The van der Waals surface area contributed by atoms with E-state index in [1.807, 2.05) is 6.92 Å². The first-order valence-electron chi connectivity index (χ1n) is 9.69. The van der Waals surface area contributed by atoms with Crippen LogP contribution in [0.4, 0.5) is 22.1 Å². The Bertz CT molecular complexity index is 618. The van der Waals surface area contributed by atoms with Crippen LogP contribution in [0.2, 0.25) is 0 Å². The highest BCUT2D eigenvalue weighted by molar-refractivity contribution is 5.76. The van der Waals surface area contributed by atoms with Crippen molar-refractivity contribution in [2.75, 3.05) is 54.9 Å². The lowest BCUT2D eigenvalue weighted by Crippen LogP contribution is -2.49. The Hall–Kier alpha value is -2.25. The number of piperidine rings is 1. The Morgan fingerprint density at radius 1 is 1.15 bits per heavy atom. The molecule has 144 valence electrons. The summed E-state index contributed by atoms with van der Waals surface area (Å²) < 4.78 is 5.08. The maximum Gasteiger partial charge on any atom is 0.409 e. The summed E-state index contributed by atoms with van der Waals surface area (Å²) in [5, 5.41) is 0. The molecule has 2 fully saturated rings. The molecule has 8 heteroatoms. The molecule has 1 aromatic rings. The van der Waals surface area contributed by atoms with Gasteiger partial charge in [0.1, 0.15) is 12.0 Å². The molecular formula is C18H30N6O2. The second-order valence-corrected chi connectivity index (χ2v) is 6.86. The molecule has 1 atom stereocenters. The summed E-state index contributed by atoms with van der Waals surface area (Å²) in [6, 6.07) is 0.495. The molecule has 0 aromatic carbocycles. The molecule has 2 saturated heterocycles. The zero-order valence-electron chi connectivity index (χ0n) is 15.9. The predicted molar refractivity (Wildman–Crippen MR) is 103 cm³/mol. The lowest BCUT2D eigenvalue weighted by atomic mass is 10.00. The summed E-state index contributed by atoms with van der Waals surface area (Å²) in [4.78, 5) is 27.0. The van der Waals surface area contributed by atoms with Gasteiger partial charge in [0.15, 0.2) is 11.6 Å². The molecular weight excluding hydrogens is 332 g/mol. The molecule has 0 bridgehead atoms. The molecule has 2 aliphatic rings. The van der Waals surface area contributed by atoms with Crippen molar-refractivity contribution in [2.24, 2.45) is 0 Å². The summed E-state index contributed by atoms with van der Waals surface area (Å²) in [5.74, 6) is 1.63. The van der Waals surface area contributed by atoms with E-state index in [1.54, 1.807) is 11.2 Å². The molecule has 3 rings (SSSR count). The second kappa shape index (κ2) is 8.42. The molecule has 3 heterocycles. The number of hydrogen-bond donors (Lipinski definition) is 1. The van der Waals surface area contributed by atoms with Gasteiger partial charge in [-0.25, -0.2) is 14.8 Å². The van der Waals surface area contributed by atoms with Crippen LogP contribution in [-0.4, -0.2) is 66.3 Å². The van der Waals surface area contributed by atoms with Crippen molar-refractivity contribution in [3.8, 4) is 0 Å². The fourth-order valence-electron chi connectivity index (χ4n) is 3.88. The van der Waals surface area contributed by atoms with Crippen molar-refractivity contribution >= 4 is 23.4 Å². The van der Waals surface area contributed by atoms with Gasteiger partial charge in [-0.05, 0) is 32.6 Å². The number of aromatic nitrogens is 2. The van der Waals surface area contributed by atoms with Gasteiger partial charge < -0.3 is 25.2 Å². The molecule has 0 radical (unpaired) electrons. The maximum atomic E-state index is 11.9. The summed E-state index contributed by atoms with van der Waals surface area (Å²) in [6.07, 6.45) is 6.09. The van der Waals surface area contributed by atoms with Crippen molar-refractivity contribution in [1.29, 1.82) is 0 Å². The number of piperazine rings is 1. The number of nitrogens with zero attached hydrogens (tertiary/aromatic N) is 5. The molecule has 0 saturated carbocycles. The van der Waals surface area contributed by atoms with Crippen LogP contribution < -0.4 is 15.5 Å². The Morgan fingerprint density at radius 2 is 1.88 bits per heavy atom.